The molecule has 2 atom stereocenters. The number of hydrogen-bond donors (Lipinski definition) is 1. The van der Waals surface area contributed by atoms with Crippen molar-refractivity contribution in [2.45, 2.75) is 18.6 Å². The number of guanidine groups is 1. The zero-order valence-corrected chi connectivity index (χ0v) is 19.6. The van der Waals surface area contributed by atoms with Crippen LogP contribution in [0.15, 0.2) is 65.7 Å². The van der Waals surface area contributed by atoms with Crippen molar-refractivity contribution < 1.29 is 4.21 Å². The molecule has 0 spiro atoms. The van der Waals surface area contributed by atoms with Crippen molar-refractivity contribution in [1.82, 2.24) is 10.2 Å². The third kappa shape index (κ3) is 7.20. The first-order valence-corrected chi connectivity index (χ1v) is 11.1. The van der Waals surface area contributed by atoms with Gasteiger partial charge in [-0.25, -0.2) is 0 Å². The van der Waals surface area contributed by atoms with Gasteiger partial charge in [0, 0.05) is 49.0 Å². The molecule has 2 aromatic carbocycles. The minimum atomic E-state index is -0.860. The van der Waals surface area contributed by atoms with Crippen LogP contribution in [0.25, 0.3) is 0 Å². The third-order valence-electron chi connectivity index (χ3n) is 4.95. The number of benzene rings is 2. The highest BCUT2D eigenvalue weighted by molar-refractivity contribution is 14.0. The summed E-state index contributed by atoms with van der Waals surface area (Å²) in [5, 5.41) is 3.40. The fourth-order valence-electron chi connectivity index (χ4n) is 3.58. The van der Waals surface area contributed by atoms with Crippen molar-refractivity contribution >= 4 is 40.7 Å². The zero-order valence-electron chi connectivity index (χ0n) is 16.4. The minimum absolute atomic E-state index is 0. The number of halogens is 1. The fourth-order valence-corrected chi connectivity index (χ4v) is 4.62. The summed E-state index contributed by atoms with van der Waals surface area (Å²) in [7, 11) is 0.967. The Bertz CT molecular complexity index is 755. The molecule has 0 bridgehead atoms. The highest BCUT2D eigenvalue weighted by Crippen LogP contribution is 2.20. The highest BCUT2D eigenvalue weighted by atomic mass is 127. The quantitative estimate of drug-likeness (QED) is 0.351. The Morgan fingerprint density at radius 3 is 2.39 bits per heavy atom. The SMILES string of the molecule is CN=C(NCCS(=O)Cc1ccccc1)N1CCC(Cc2ccccc2)C1.I. The molecule has 3 rings (SSSR count). The Kier molecular flexibility index (Phi) is 9.98. The van der Waals surface area contributed by atoms with E-state index in [0.717, 1.165) is 31.0 Å². The summed E-state index contributed by atoms with van der Waals surface area (Å²) in [6.45, 7) is 2.75. The second-order valence-electron chi connectivity index (χ2n) is 7.04. The first-order chi connectivity index (χ1) is 13.2. The number of nitrogens with zero attached hydrogens (tertiary/aromatic N) is 2. The normalized spacial score (nSPS) is 17.8. The Labute approximate surface area is 188 Å². The molecule has 1 N–H and O–H groups in total. The van der Waals surface area contributed by atoms with Gasteiger partial charge in [0.25, 0.3) is 0 Å². The smallest absolute Gasteiger partial charge is 0.193 e. The second-order valence-corrected chi connectivity index (χ2v) is 8.61. The maximum atomic E-state index is 12.3. The van der Waals surface area contributed by atoms with E-state index in [-0.39, 0.29) is 24.0 Å². The van der Waals surface area contributed by atoms with Crippen molar-refractivity contribution in [3.05, 3.63) is 71.8 Å². The fraction of sp³-hybridized carbons (Fsp3) is 0.409. The largest absolute Gasteiger partial charge is 0.355 e. The van der Waals surface area contributed by atoms with Crippen molar-refractivity contribution in [2.24, 2.45) is 10.9 Å². The summed E-state index contributed by atoms with van der Waals surface area (Å²) in [4.78, 5) is 6.75. The Balaban J connectivity index is 0.00000280. The van der Waals surface area contributed by atoms with Crippen LogP contribution in [0.1, 0.15) is 17.5 Å². The number of likely N-dealkylation sites (tertiary alicyclic amines) is 1. The summed E-state index contributed by atoms with van der Waals surface area (Å²) < 4.78 is 12.3. The van der Waals surface area contributed by atoms with Gasteiger partial charge in [-0.05, 0) is 29.9 Å². The molecule has 0 aliphatic carbocycles. The van der Waals surface area contributed by atoms with Crippen molar-refractivity contribution in [2.75, 3.05) is 32.4 Å². The molecule has 0 amide bonds. The van der Waals surface area contributed by atoms with E-state index in [1.807, 2.05) is 37.4 Å². The maximum Gasteiger partial charge on any atom is 0.193 e. The van der Waals surface area contributed by atoms with E-state index in [4.69, 9.17) is 0 Å². The van der Waals surface area contributed by atoms with Gasteiger partial charge in [0.2, 0.25) is 0 Å². The number of hydrogen-bond acceptors (Lipinski definition) is 2. The van der Waals surface area contributed by atoms with E-state index in [1.165, 1.54) is 12.0 Å². The molecule has 152 valence electrons. The van der Waals surface area contributed by atoms with E-state index in [9.17, 15) is 4.21 Å². The van der Waals surface area contributed by atoms with E-state index >= 15 is 0 Å². The molecule has 1 saturated heterocycles. The van der Waals surface area contributed by atoms with E-state index in [2.05, 4.69) is 45.5 Å². The Hall–Kier alpha value is -1.41. The van der Waals surface area contributed by atoms with Gasteiger partial charge in [0.15, 0.2) is 5.96 Å². The summed E-state index contributed by atoms with van der Waals surface area (Å²) in [5.41, 5.74) is 2.53. The van der Waals surface area contributed by atoms with Gasteiger partial charge >= 0.3 is 0 Å². The molecule has 0 radical (unpaired) electrons. The predicted molar refractivity (Wildman–Crippen MR) is 130 cm³/mol. The lowest BCUT2D eigenvalue weighted by Crippen LogP contribution is -2.41. The van der Waals surface area contributed by atoms with E-state index in [1.54, 1.807) is 0 Å². The molecule has 2 unspecified atom stereocenters. The lowest BCUT2D eigenvalue weighted by atomic mass is 9.99. The molecule has 6 heteroatoms. The monoisotopic (exact) mass is 511 g/mol. The van der Waals surface area contributed by atoms with Crippen LogP contribution < -0.4 is 5.32 Å². The average Bonchev–Trinajstić information content (AvgIpc) is 3.15. The molecule has 1 aliphatic heterocycles. The number of rotatable bonds is 7. The molecular formula is C22H30IN3OS. The third-order valence-corrected chi connectivity index (χ3v) is 6.26. The van der Waals surface area contributed by atoms with E-state index < -0.39 is 10.8 Å². The lowest BCUT2D eigenvalue weighted by molar-refractivity contribution is 0.461. The number of aliphatic imine (C=N–C) groups is 1. The molecule has 1 aliphatic rings. The maximum absolute atomic E-state index is 12.3. The van der Waals surface area contributed by atoms with Crippen LogP contribution in [0.5, 0.6) is 0 Å². The van der Waals surface area contributed by atoms with Gasteiger partial charge in [-0.1, -0.05) is 60.7 Å². The van der Waals surface area contributed by atoms with Crippen LogP contribution in [0.2, 0.25) is 0 Å². The first kappa shape index (κ1) is 22.9. The highest BCUT2D eigenvalue weighted by Gasteiger charge is 2.24. The zero-order chi connectivity index (χ0) is 18.9. The van der Waals surface area contributed by atoms with Crippen LogP contribution >= 0.6 is 24.0 Å². The van der Waals surface area contributed by atoms with Gasteiger partial charge < -0.3 is 10.2 Å². The van der Waals surface area contributed by atoms with E-state index in [0.29, 0.717) is 24.0 Å². The summed E-state index contributed by atoms with van der Waals surface area (Å²) in [6, 6.07) is 20.7. The Morgan fingerprint density at radius 1 is 1.11 bits per heavy atom. The van der Waals surface area contributed by atoms with Gasteiger partial charge in [0.1, 0.15) is 0 Å². The number of nitrogens with one attached hydrogen (secondary N) is 1. The van der Waals surface area contributed by atoms with Crippen LogP contribution in [0.3, 0.4) is 0 Å². The van der Waals surface area contributed by atoms with Crippen LogP contribution in [0.4, 0.5) is 0 Å². The Morgan fingerprint density at radius 2 is 1.75 bits per heavy atom. The van der Waals surface area contributed by atoms with Crippen LogP contribution in [-0.2, 0) is 23.0 Å². The van der Waals surface area contributed by atoms with Crippen LogP contribution in [0, 0.1) is 5.92 Å². The second kappa shape index (κ2) is 12.2. The van der Waals surface area contributed by atoms with Gasteiger partial charge in [0.05, 0.1) is 0 Å². The average molecular weight is 511 g/mol. The predicted octanol–water partition coefficient (Wildman–Crippen LogP) is 3.69. The van der Waals surface area contributed by atoms with Crippen molar-refractivity contribution in [3.63, 3.8) is 0 Å². The lowest BCUT2D eigenvalue weighted by Gasteiger charge is -2.21. The molecule has 2 aromatic rings. The minimum Gasteiger partial charge on any atom is -0.355 e. The van der Waals surface area contributed by atoms with Gasteiger partial charge in [-0.15, -0.1) is 24.0 Å². The standard InChI is InChI=1S/C22H29N3OS.HI/c1-23-22(24-13-15-27(26)18-20-10-6-3-7-11-20)25-14-12-21(17-25)16-19-8-4-2-5-9-19;/h2-11,21H,12-18H2,1H3,(H,23,24);1H. The van der Waals surface area contributed by atoms with Gasteiger partial charge in [-0.3, -0.25) is 9.20 Å². The molecule has 28 heavy (non-hydrogen) atoms. The molecule has 4 nitrogen and oxygen atoms in total. The van der Waals surface area contributed by atoms with Crippen molar-refractivity contribution in [3.8, 4) is 0 Å². The summed E-state index contributed by atoms with van der Waals surface area (Å²) >= 11 is 0. The molecular weight excluding hydrogens is 481 g/mol. The molecule has 1 heterocycles. The molecule has 0 aromatic heterocycles. The van der Waals surface area contributed by atoms with Crippen molar-refractivity contribution in [1.29, 1.82) is 0 Å². The summed E-state index contributed by atoms with van der Waals surface area (Å²) in [5.74, 6) is 2.85. The topological polar surface area (TPSA) is 44.7 Å². The molecule has 0 saturated carbocycles. The summed E-state index contributed by atoms with van der Waals surface area (Å²) in [6.07, 6.45) is 2.31. The van der Waals surface area contributed by atoms with Crippen LogP contribution in [-0.4, -0.2) is 47.5 Å². The first-order valence-electron chi connectivity index (χ1n) is 9.63. The van der Waals surface area contributed by atoms with Gasteiger partial charge in [-0.2, -0.15) is 0 Å². The molecule has 1 fully saturated rings.